The van der Waals surface area contributed by atoms with Crippen molar-refractivity contribution in [1.82, 2.24) is 4.90 Å². The Kier molecular flexibility index (Phi) is 3.73. The number of carbonyl (C=O) groups is 1. The number of benzene rings is 2. The van der Waals surface area contributed by atoms with Crippen LogP contribution in [0, 0.1) is 10.1 Å². The van der Waals surface area contributed by atoms with Gasteiger partial charge in [0.1, 0.15) is 5.69 Å². The number of nitro benzene ring substituents is 1. The number of amides is 1. The van der Waals surface area contributed by atoms with E-state index in [0.717, 1.165) is 18.4 Å². The summed E-state index contributed by atoms with van der Waals surface area (Å²) in [6.45, 7) is 0. The van der Waals surface area contributed by atoms with E-state index in [-0.39, 0.29) is 28.9 Å². The third-order valence-electron chi connectivity index (χ3n) is 4.36. The van der Waals surface area contributed by atoms with Crippen molar-refractivity contribution >= 4 is 17.3 Å². The van der Waals surface area contributed by atoms with Crippen LogP contribution in [0.25, 0.3) is 0 Å². The lowest BCUT2D eigenvalue weighted by atomic mass is 10.1. The summed E-state index contributed by atoms with van der Waals surface area (Å²) in [4.78, 5) is 24.8. The second-order valence-corrected chi connectivity index (χ2v) is 5.70. The largest absolute Gasteiger partial charge is 0.393 e. The highest BCUT2D eigenvalue weighted by atomic mass is 16.6. The third kappa shape index (κ3) is 2.63. The van der Waals surface area contributed by atoms with Gasteiger partial charge in [0.05, 0.1) is 11.0 Å². The molecule has 0 radical (unpaired) electrons. The molecule has 1 aliphatic rings. The van der Waals surface area contributed by atoms with Crippen molar-refractivity contribution in [2.24, 2.45) is 0 Å². The molecule has 6 nitrogen and oxygen atoms in total. The van der Waals surface area contributed by atoms with Gasteiger partial charge in [-0.25, -0.2) is 0 Å². The normalized spacial score (nSPS) is 16.0. The molecule has 0 spiro atoms. The zero-order valence-electron chi connectivity index (χ0n) is 12.7. The Morgan fingerprint density at radius 3 is 2.78 bits per heavy atom. The predicted molar refractivity (Wildman–Crippen MR) is 87.1 cm³/mol. The maximum atomic E-state index is 12.7. The summed E-state index contributed by atoms with van der Waals surface area (Å²) < 4.78 is 0. The first-order valence-electron chi connectivity index (χ1n) is 7.38. The fourth-order valence-corrected chi connectivity index (χ4v) is 3.12. The van der Waals surface area contributed by atoms with Gasteiger partial charge in [-0.15, -0.1) is 0 Å². The Labute approximate surface area is 133 Å². The number of carbonyl (C=O) groups excluding carboxylic acids is 1. The molecule has 1 amide bonds. The first-order chi connectivity index (χ1) is 11.0. The van der Waals surface area contributed by atoms with E-state index in [1.54, 1.807) is 11.9 Å². The Morgan fingerprint density at radius 1 is 1.30 bits per heavy atom. The molecule has 0 fully saturated rings. The van der Waals surface area contributed by atoms with Crippen molar-refractivity contribution in [2.75, 3.05) is 12.8 Å². The number of nitro groups is 1. The maximum absolute atomic E-state index is 12.7. The monoisotopic (exact) mass is 311 g/mol. The van der Waals surface area contributed by atoms with Crippen molar-refractivity contribution in [3.8, 4) is 0 Å². The van der Waals surface area contributed by atoms with Crippen LogP contribution in [-0.2, 0) is 6.42 Å². The van der Waals surface area contributed by atoms with Crippen molar-refractivity contribution in [2.45, 2.75) is 18.9 Å². The standard InChI is InChI=1S/C17H17N3O3/c1-19(15-9-7-11-4-2-3-5-13(11)15)17(21)12-6-8-14(18)16(10-12)20(22)23/h2-6,8,10,15H,7,9,18H2,1H3. The van der Waals surface area contributed by atoms with E-state index < -0.39 is 4.92 Å². The van der Waals surface area contributed by atoms with Crippen LogP contribution in [0.4, 0.5) is 11.4 Å². The van der Waals surface area contributed by atoms with E-state index >= 15 is 0 Å². The molecule has 23 heavy (non-hydrogen) atoms. The molecule has 2 N–H and O–H groups in total. The fraction of sp³-hybridized carbons (Fsp3) is 0.235. The highest BCUT2D eigenvalue weighted by molar-refractivity contribution is 5.95. The molecule has 118 valence electrons. The molecule has 3 rings (SSSR count). The van der Waals surface area contributed by atoms with Gasteiger partial charge in [0, 0.05) is 18.7 Å². The quantitative estimate of drug-likeness (QED) is 0.536. The lowest BCUT2D eigenvalue weighted by Crippen LogP contribution is -2.30. The van der Waals surface area contributed by atoms with Crippen LogP contribution in [0.1, 0.15) is 33.9 Å². The third-order valence-corrected chi connectivity index (χ3v) is 4.36. The smallest absolute Gasteiger partial charge is 0.292 e. The maximum Gasteiger partial charge on any atom is 0.292 e. The number of nitrogens with two attached hydrogens (primary N) is 1. The number of fused-ring (bicyclic) bond motifs is 1. The first kappa shape index (κ1) is 15.0. The summed E-state index contributed by atoms with van der Waals surface area (Å²) >= 11 is 0. The van der Waals surface area contributed by atoms with Gasteiger partial charge >= 0.3 is 0 Å². The van der Waals surface area contributed by atoms with Gasteiger partial charge in [-0.3, -0.25) is 14.9 Å². The van der Waals surface area contributed by atoms with E-state index in [0.29, 0.717) is 0 Å². The van der Waals surface area contributed by atoms with Gasteiger partial charge in [-0.05, 0) is 36.1 Å². The van der Waals surface area contributed by atoms with Crippen molar-refractivity contribution in [3.63, 3.8) is 0 Å². The topological polar surface area (TPSA) is 89.5 Å². The van der Waals surface area contributed by atoms with E-state index in [1.165, 1.54) is 23.8 Å². The summed E-state index contributed by atoms with van der Waals surface area (Å²) in [7, 11) is 1.73. The molecule has 6 heteroatoms. The van der Waals surface area contributed by atoms with E-state index in [9.17, 15) is 14.9 Å². The summed E-state index contributed by atoms with van der Waals surface area (Å²) in [5.41, 5.74) is 8.07. The number of nitrogen functional groups attached to an aromatic ring is 1. The Balaban J connectivity index is 1.89. The van der Waals surface area contributed by atoms with Crippen LogP contribution in [0.15, 0.2) is 42.5 Å². The summed E-state index contributed by atoms with van der Waals surface area (Å²) in [6.07, 6.45) is 1.79. The van der Waals surface area contributed by atoms with Crippen molar-refractivity contribution in [1.29, 1.82) is 0 Å². The van der Waals surface area contributed by atoms with E-state index in [2.05, 4.69) is 6.07 Å². The average Bonchev–Trinajstić information content (AvgIpc) is 2.97. The number of anilines is 1. The van der Waals surface area contributed by atoms with E-state index in [1.807, 2.05) is 18.2 Å². The summed E-state index contributed by atoms with van der Waals surface area (Å²) in [5, 5.41) is 11.0. The number of hydrogen-bond acceptors (Lipinski definition) is 4. The van der Waals surface area contributed by atoms with E-state index in [4.69, 9.17) is 5.73 Å². The first-order valence-corrected chi connectivity index (χ1v) is 7.38. The number of nitrogens with zero attached hydrogens (tertiary/aromatic N) is 2. The van der Waals surface area contributed by atoms with Gasteiger partial charge in [0.25, 0.3) is 11.6 Å². The van der Waals surface area contributed by atoms with Gasteiger partial charge < -0.3 is 10.6 Å². The molecule has 0 bridgehead atoms. The molecule has 1 atom stereocenters. The number of aryl methyl sites for hydroxylation is 1. The Morgan fingerprint density at radius 2 is 2.04 bits per heavy atom. The van der Waals surface area contributed by atoms with Gasteiger partial charge in [-0.1, -0.05) is 24.3 Å². The Hall–Kier alpha value is -2.89. The second-order valence-electron chi connectivity index (χ2n) is 5.70. The molecule has 0 aliphatic heterocycles. The lowest BCUT2D eigenvalue weighted by molar-refractivity contribution is -0.383. The van der Waals surface area contributed by atoms with Gasteiger partial charge in [0.15, 0.2) is 0 Å². The van der Waals surface area contributed by atoms with Crippen LogP contribution in [-0.4, -0.2) is 22.8 Å². The molecule has 0 saturated carbocycles. The molecule has 0 heterocycles. The van der Waals surface area contributed by atoms with Crippen molar-refractivity contribution < 1.29 is 9.72 Å². The predicted octanol–water partition coefficient (Wildman–Crippen LogP) is 2.94. The second kappa shape index (κ2) is 5.72. The SMILES string of the molecule is CN(C(=O)c1ccc(N)c([N+](=O)[O-])c1)C1CCc2ccccc21. The molecule has 0 aromatic heterocycles. The molecule has 2 aromatic rings. The molecule has 0 saturated heterocycles. The lowest BCUT2D eigenvalue weighted by Gasteiger charge is -2.25. The molecule has 2 aromatic carbocycles. The van der Waals surface area contributed by atoms with Crippen LogP contribution in [0.2, 0.25) is 0 Å². The minimum Gasteiger partial charge on any atom is -0.393 e. The molecule has 1 aliphatic carbocycles. The van der Waals surface area contributed by atoms with Crippen LogP contribution in [0.3, 0.4) is 0 Å². The minimum absolute atomic E-state index is 0.00434. The summed E-state index contributed by atoms with van der Waals surface area (Å²) in [5.74, 6) is -0.241. The zero-order chi connectivity index (χ0) is 16.6. The van der Waals surface area contributed by atoms with Crippen LogP contribution in [0.5, 0.6) is 0 Å². The zero-order valence-corrected chi connectivity index (χ0v) is 12.7. The molecule has 1 unspecified atom stereocenters. The van der Waals surface area contributed by atoms with Crippen molar-refractivity contribution in [3.05, 3.63) is 69.3 Å². The highest BCUT2D eigenvalue weighted by Crippen LogP contribution is 2.35. The van der Waals surface area contributed by atoms with Crippen LogP contribution < -0.4 is 5.73 Å². The average molecular weight is 311 g/mol. The van der Waals surface area contributed by atoms with Gasteiger partial charge in [-0.2, -0.15) is 0 Å². The summed E-state index contributed by atoms with van der Waals surface area (Å²) in [6, 6.07) is 12.2. The van der Waals surface area contributed by atoms with Crippen LogP contribution >= 0.6 is 0 Å². The minimum atomic E-state index is -0.572. The van der Waals surface area contributed by atoms with Gasteiger partial charge in [0.2, 0.25) is 0 Å². The number of rotatable bonds is 3. The number of hydrogen-bond donors (Lipinski definition) is 1. The molecular weight excluding hydrogens is 294 g/mol. The fourth-order valence-electron chi connectivity index (χ4n) is 3.12. The Bertz CT molecular complexity index is 788. The highest BCUT2D eigenvalue weighted by Gasteiger charge is 2.29. The molecular formula is C17H17N3O3.